The molecule has 0 saturated carbocycles. The minimum absolute atomic E-state index is 0.0112. The molecule has 0 saturated heterocycles. The third-order valence-corrected chi connectivity index (χ3v) is 12.5. The van der Waals surface area contributed by atoms with Crippen LogP contribution in [0.4, 0.5) is 30.2 Å². The Bertz CT molecular complexity index is 2390. The molecule has 0 spiro atoms. The molecule has 0 bridgehead atoms. The number of halogens is 3. The second kappa shape index (κ2) is 12.6. The SMILES string of the molecule is Cc1c(F)c(F)c(C(=O)O)c(C2=C3C=CC(=[N+](C)c4ccccc4)C=C3P(=O)(c3ccccc3)c3cc(N(C)c4ccccc4)ccc32)c1F. The number of para-hydroxylation sites is 2. The van der Waals surface area contributed by atoms with Gasteiger partial charge in [0.1, 0.15) is 18.4 Å². The lowest BCUT2D eigenvalue weighted by Gasteiger charge is -2.35. The fourth-order valence-corrected chi connectivity index (χ4v) is 9.76. The smallest absolute Gasteiger partial charge is 0.339 e. The van der Waals surface area contributed by atoms with Crippen LogP contribution in [-0.2, 0) is 4.57 Å². The van der Waals surface area contributed by atoms with Crippen molar-refractivity contribution in [1.29, 1.82) is 0 Å². The summed E-state index contributed by atoms with van der Waals surface area (Å²) >= 11 is 0. The van der Waals surface area contributed by atoms with Gasteiger partial charge in [0.05, 0.1) is 0 Å². The zero-order chi connectivity index (χ0) is 35.3. The second-order valence-electron chi connectivity index (χ2n) is 12.1. The highest BCUT2D eigenvalue weighted by Gasteiger charge is 2.45. The maximum atomic E-state index is 16.4. The molecule has 0 aromatic heterocycles. The lowest BCUT2D eigenvalue weighted by Crippen LogP contribution is -2.29. The van der Waals surface area contributed by atoms with Gasteiger partial charge in [-0.05, 0) is 48.4 Å². The van der Waals surface area contributed by atoms with Crippen LogP contribution in [0.1, 0.15) is 27.0 Å². The molecule has 9 heteroatoms. The number of anilines is 2. The fraction of sp³-hybridized carbons (Fsp3) is 0.0732. The van der Waals surface area contributed by atoms with Crippen molar-refractivity contribution in [2.75, 3.05) is 19.0 Å². The lowest BCUT2D eigenvalue weighted by atomic mass is 9.85. The van der Waals surface area contributed by atoms with E-state index >= 15 is 13.3 Å². The summed E-state index contributed by atoms with van der Waals surface area (Å²) in [6.07, 6.45) is 5.18. The van der Waals surface area contributed by atoms with Crippen molar-refractivity contribution < 1.29 is 32.2 Å². The van der Waals surface area contributed by atoms with Crippen molar-refractivity contribution in [1.82, 2.24) is 0 Å². The van der Waals surface area contributed by atoms with Crippen LogP contribution in [0, 0.1) is 24.4 Å². The molecule has 50 heavy (non-hydrogen) atoms. The zero-order valence-electron chi connectivity index (χ0n) is 27.4. The Kier molecular flexibility index (Phi) is 8.28. The quantitative estimate of drug-likeness (QED) is 0.110. The van der Waals surface area contributed by atoms with Crippen molar-refractivity contribution in [3.05, 3.63) is 178 Å². The van der Waals surface area contributed by atoms with Gasteiger partial charge >= 0.3 is 5.97 Å². The van der Waals surface area contributed by atoms with Crippen molar-refractivity contribution >= 4 is 52.1 Å². The third kappa shape index (κ3) is 5.15. The molecule has 0 amide bonds. The van der Waals surface area contributed by atoms with Crippen molar-refractivity contribution in [2.45, 2.75) is 6.92 Å². The Morgan fingerprint density at radius 1 is 0.780 bits per heavy atom. The van der Waals surface area contributed by atoms with Crippen molar-refractivity contribution in [2.24, 2.45) is 0 Å². The van der Waals surface area contributed by atoms with E-state index in [9.17, 15) is 14.3 Å². The van der Waals surface area contributed by atoms with Crippen LogP contribution in [0.25, 0.3) is 5.57 Å². The molecule has 5 nitrogen and oxygen atoms in total. The van der Waals surface area contributed by atoms with Gasteiger partial charge in [0, 0.05) is 75.3 Å². The lowest BCUT2D eigenvalue weighted by molar-refractivity contribution is -0.403. The van der Waals surface area contributed by atoms with Gasteiger partial charge < -0.3 is 14.6 Å². The van der Waals surface area contributed by atoms with E-state index in [-0.39, 0.29) is 16.7 Å². The predicted molar refractivity (Wildman–Crippen MR) is 193 cm³/mol. The van der Waals surface area contributed by atoms with Crippen LogP contribution < -0.4 is 15.5 Å². The third-order valence-electron chi connectivity index (χ3n) is 9.37. The minimum atomic E-state index is -3.82. The molecule has 1 unspecified atom stereocenters. The summed E-state index contributed by atoms with van der Waals surface area (Å²) in [5.74, 6) is -6.28. The number of rotatable bonds is 6. The van der Waals surface area contributed by atoms with Gasteiger partial charge in [-0.2, -0.15) is 4.58 Å². The summed E-state index contributed by atoms with van der Waals surface area (Å²) in [6, 6.07) is 33.2. The molecule has 5 aromatic carbocycles. The number of fused-ring (bicyclic) bond motifs is 2. The van der Waals surface area contributed by atoms with Crippen molar-refractivity contribution in [3.8, 4) is 0 Å². The van der Waals surface area contributed by atoms with Crippen LogP contribution in [0.2, 0.25) is 0 Å². The topological polar surface area (TPSA) is 60.6 Å². The first-order valence-corrected chi connectivity index (χ1v) is 17.6. The maximum absolute atomic E-state index is 16.4. The molecule has 2 aliphatic rings. The van der Waals surface area contributed by atoms with E-state index in [1.165, 1.54) is 0 Å². The predicted octanol–water partition coefficient (Wildman–Crippen LogP) is 8.88. The molecule has 5 aromatic rings. The maximum Gasteiger partial charge on any atom is 0.339 e. The van der Waals surface area contributed by atoms with Gasteiger partial charge in [-0.15, -0.1) is 0 Å². The summed E-state index contributed by atoms with van der Waals surface area (Å²) < 4.78 is 65.1. The molecule has 1 atom stereocenters. The number of aromatic carboxylic acids is 1. The number of nitrogens with zero attached hydrogens (tertiary/aromatic N) is 2. The van der Waals surface area contributed by atoms with Crippen LogP contribution in [0.5, 0.6) is 0 Å². The Balaban J connectivity index is 1.63. The van der Waals surface area contributed by atoms with Crippen molar-refractivity contribution in [3.63, 3.8) is 0 Å². The van der Waals surface area contributed by atoms with Gasteiger partial charge in [0.15, 0.2) is 18.8 Å². The number of carboxylic acid groups (broad SMARTS) is 1. The minimum Gasteiger partial charge on any atom is -0.478 e. The number of hydrogen-bond donors (Lipinski definition) is 1. The number of benzene rings is 5. The van der Waals surface area contributed by atoms with Crippen LogP contribution in [0.3, 0.4) is 0 Å². The first-order valence-electron chi connectivity index (χ1n) is 15.8. The van der Waals surface area contributed by atoms with Crippen LogP contribution in [0.15, 0.2) is 138 Å². The highest BCUT2D eigenvalue weighted by Crippen LogP contribution is 2.62. The van der Waals surface area contributed by atoms with Gasteiger partial charge in [-0.3, -0.25) is 0 Å². The summed E-state index contributed by atoms with van der Waals surface area (Å²) in [7, 11) is -0.0973. The Labute approximate surface area is 287 Å². The Hall–Kier alpha value is -5.72. The highest BCUT2D eigenvalue weighted by atomic mass is 31.2. The number of carboxylic acids is 1. The van der Waals surface area contributed by atoms with Gasteiger partial charge in [0.25, 0.3) is 0 Å². The first kappa shape index (κ1) is 32.8. The molecule has 1 aliphatic heterocycles. The largest absolute Gasteiger partial charge is 0.478 e. The van der Waals surface area contributed by atoms with E-state index in [2.05, 4.69) is 0 Å². The standard InChI is InChI=1S/C41H30F3N2O3P/c1-25-38(42)36(37(41(47)48)40(44)39(25)43)35-31-21-19-28(45(2)26-13-7-4-8-14-26)23-33(31)50(49,30-17-11-6-12-18-30)34-24-29(20-22-32(34)35)46(3)27-15-9-5-10-16-27/h4-24H,1-3H3/p+1. The highest BCUT2D eigenvalue weighted by molar-refractivity contribution is 7.83. The van der Waals surface area contributed by atoms with Crippen LogP contribution in [-0.4, -0.2) is 35.5 Å². The van der Waals surface area contributed by atoms with E-state index in [0.29, 0.717) is 27.3 Å². The second-order valence-corrected chi connectivity index (χ2v) is 14.8. The van der Waals surface area contributed by atoms with E-state index in [1.807, 2.05) is 90.3 Å². The molecule has 1 aliphatic carbocycles. The average Bonchev–Trinajstić information content (AvgIpc) is 3.16. The van der Waals surface area contributed by atoms with E-state index in [1.54, 1.807) is 60.7 Å². The molecule has 1 heterocycles. The normalized spacial score (nSPS) is 17.5. The molecule has 248 valence electrons. The molecule has 7 rings (SSSR count). The summed E-state index contributed by atoms with van der Waals surface area (Å²) in [5.41, 5.74) is 1.14. The number of allylic oxidation sites excluding steroid dienone is 5. The fourth-order valence-electron chi connectivity index (χ4n) is 6.68. The van der Waals surface area contributed by atoms with Crippen LogP contribution >= 0.6 is 7.14 Å². The first-order chi connectivity index (χ1) is 24.0. The average molecular weight is 688 g/mol. The molecular weight excluding hydrogens is 656 g/mol. The molecule has 1 N–H and O–H groups in total. The Morgan fingerprint density at radius 2 is 1.40 bits per heavy atom. The summed E-state index contributed by atoms with van der Waals surface area (Å²) in [5, 5.41) is 11.3. The number of hydrogen-bond acceptors (Lipinski definition) is 3. The molecule has 0 fully saturated rings. The van der Waals surface area contributed by atoms with Gasteiger partial charge in [0.2, 0.25) is 11.4 Å². The molecular formula is C41H31F3N2O3P+. The monoisotopic (exact) mass is 687 g/mol. The van der Waals surface area contributed by atoms with Gasteiger partial charge in [-0.1, -0.05) is 72.8 Å². The van der Waals surface area contributed by atoms with Gasteiger partial charge in [-0.25, -0.2) is 18.0 Å². The molecule has 0 radical (unpaired) electrons. The van der Waals surface area contributed by atoms with E-state index in [4.69, 9.17) is 0 Å². The Morgan fingerprint density at radius 3 is 2.04 bits per heavy atom. The number of carbonyl (C=O) groups is 1. The summed E-state index contributed by atoms with van der Waals surface area (Å²) in [4.78, 5) is 14.5. The zero-order valence-corrected chi connectivity index (χ0v) is 28.3. The summed E-state index contributed by atoms with van der Waals surface area (Å²) in [6.45, 7) is 1.07. The van der Waals surface area contributed by atoms with E-state index in [0.717, 1.165) is 18.3 Å². The van der Waals surface area contributed by atoms with E-state index < -0.39 is 47.3 Å².